The molecule has 2 aromatic heterocycles. The van der Waals surface area contributed by atoms with Crippen molar-refractivity contribution in [2.45, 2.75) is 50.9 Å². The molecule has 2 aromatic carbocycles. The van der Waals surface area contributed by atoms with Gasteiger partial charge in [-0.1, -0.05) is 18.2 Å². The monoisotopic (exact) mass is 647 g/mol. The smallest absolute Gasteiger partial charge is 0.219 e. The lowest BCUT2D eigenvalue weighted by Crippen LogP contribution is -2.49. The van der Waals surface area contributed by atoms with Gasteiger partial charge in [-0.15, -0.1) is 0 Å². The number of benzene rings is 2. The molecule has 2 fully saturated rings. The van der Waals surface area contributed by atoms with Crippen LogP contribution in [0.1, 0.15) is 51.0 Å². The number of pyridine rings is 1. The number of carbonyl (C=O) groups is 1. The van der Waals surface area contributed by atoms with Gasteiger partial charge in [0.25, 0.3) is 0 Å². The number of para-hydroxylation sites is 1. The summed E-state index contributed by atoms with van der Waals surface area (Å²) in [5, 5.41) is 4.32. The highest BCUT2D eigenvalue weighted by Gasteiger charge is 2.44. The van der Waals surface area contributed by atoms with E-state index in [1.54, 1.807) is 11.2 Å². The van der Waals surface area contributed by atoms with Crippen LogP contribution >= 0.6 is 0 Å². The number of nitrogens with zero attached hydrogens (tertiary/aromatic N) is 4. The molecule has 46 heavy (non-hydrogen) atoms. The number of rotatable bonds is 8. The number of ketones is 1. The maximum absolute atomic E-state index is 14.0. The first-order valence-corrected chi connectivity index (χ1v) is 16.5. The Balaban J connectivity index is 1.08. The van der Waals surface area contributed by atoms with Crippen LogP contribution in [-0.4, -0.2) is 58.6 Å². The lowest BCUT2D eigenvalue weighted by molar-refractivity contribution is 0.0268. The fourth-order valence-corrected chi connectivity index (χ4v) is 8.65. The second kappa shape index (κ2) is 11.4. The molecule has 2 atom stereocenters. The Morgan fingerprint density at radius 1 is 1.07 bits per heavy atom. The Morgan fingerprint density at radius 2 is 1.78 bits per heavy atom. The molecule has 0 amide bonds. The third-order valence-corrected chi connectivity index (χ3v) is 10.8. The molecular formula is C33H31F2N5O5S. The number of carbonyl (C=O) groups excluding carboxylic acids is 1. The van der Waals surface area contributed by atoms with Crippen molar-refractivity contribution in [3.63, 3.8) is 0 Å². The van der Waals surface area contributed by atoms with Crippen molar-refractivity contribution in [1.29, 1.82) is 0 Å². The highest BCUT2D eigenvalue weighted by atomic mass is 32.2. The Kier molecular flexibility index (Phi) is 7.49. The van der Waals surface area contributed by atoms with E-state index < -0.39 is 27.4 Å². The summed E-state index contributed by atoms with van der Waals surface area (Å²) in [5.74, 6) is -2.60. The second-order valence-corrected chi connectivity index (χ2v) is 13.9. The molecule has 4 heterocycles. The van der Waals surface area contributed by atoms with Gasteiger partial charge in [0.05, 0.1) is 42.6 Å². The zero-order valence-electron chi connectivity index (χ0n) is 25.2. The summed E-state index contributed by atoms with van der Waals surface area (Å²) < 4.78 is 69.0. The number of aryl methyl sites for hydroxylation is 2. The molecular weight excluding hydrogens is 616 g/mol. The van der Waals surface area contributed by atoms with E-state index in [-0.39, 0.29) is 40.9 Å². The number of hydrogen-bond acceptors (Lipinski definition) is 8. The predicted molar refractivity (Wildman–Crippen MR) is 166 cm³/mol. The van der Waals surface area contributed by atoms with E-state index >= 15 is 0 Å². The molecule has 3 aliphatic rings. The van der Waals surface area contributed by atoms with Crippen molar-refractivity contribution in [2.24, 2.45) is 0 Å². The molecule has 2 unspecified atom stereocenters. The minimum atomic E-state index is -3.54. The highest BCUT2D eigenvalue weighted by Crippen LogP contribution is 2.36. The molecule has 2 aliphatic heterocycles. The normalized spacial score (nSPS) is 19.3. The maximum atomic E-state index is 14.0. The lowest BCUT2D eigenvalue weighted by atomic mass is 10.0. The molecule has 238 valence electrons. The summed E-state index contributed by atoms with van der Waals surface area (Å²) in [4.78, 5) is 17.8. The van der Waals surface area contributed by atoms with Crippen LogP contribution in [0.15, 0.2) is 54.4 Å². The van der Waals surface area contributed by atoms with Gasteiger partial charge in [-0.25, -0.2) is 26.9 Å². The van der Waals surface area contributed by atoms with Gasteiger partial charge in [-0.3, -0.25) is 4.79 Å². The average Bonchev–Trinajstić information content (AvgIpc) is 3.68. The summed E-state index contributed by atoms with van der Waals surface area (Å²) >= 11 is 0. The van der Waals surface area contributed by atoms with Gasteiger partial charge in [0.1, 0.15) is 5.82 Å². The first-order valence-electron chi connectivity index (χ1n) is 14.9. The molecule has 10 nitrogen and oxygen atoms in total. The van der Waals surface area contributed by atoms with Gasteiger partial charge in [0.2, 0.25) is 21.7 Å². The van der Waals surface area contributed by atoms with Gasteiger partial charge in [0, 0.05) is 30.1 Å². The van der Waals surface area contributed by atoms with Crippen LogP contribution in [0.5, 0.6) is 11.6 Å². The fourth-order valence-electron chi connectivity index (χ4n) is 6.56. The van der Waals surface area contributed by atoms with E-state index in [1.807, 2.05) is 25.1 Å². The number of morpholine rings is 1. The van der Waals surface area contributed by atoms with Crippen LogP contribution in [0.3, 0.4) is 0 Å². The Bertz CT molecular complexity index is 2010. The molecule has 4 aromatic rings. The Morgan fingerprint density at radius 3 is 2.48 bits per heavy atom. The predicted octanol–water partition coefficient (Wildman–Crippen LogP) is 5.05. The Labute approximate surface area is 264 Å². The molecule has 0 radical (unpaired) electrons. The van der Waals surface area contributed by atoms with Crippen LogP contribution in [0.2, 0.25) is 0 Å². The van der Waals surface area contributed by atoms with Gasteiger partial charge in [0.15, 0.2) is 17.4 Å². The summed E-state index contributed by atoms with van der Waals surface area (Å²) in [5.41, 5.74) is 11.5. The van der Waals surface area contributed by atoms with Crippen LogP contribution in [-0.2, 0) is 26.9 Å². The van der Waals surface area contributed by atoms with E-state index in [2.05, 4.69) is 10.1 Å². The van der Waals surface area contributed by atoms with Crippen molar-refractivity contribution in [1.82, 2.24) is 19.1 Å². The summed E-state index contributed by atoms with van der Waals surface area (Å²) in [6, 6.07) is 8.49. The van der Waals surface area contributed by atoms with Crippen LogP contribution in [0.4, 0.5) is 14.6 Å². The zero-order chi connectivity index (χ0) is 32.3. The third kappa shape index (κ3) is 5.27. The molecule has 2 saturated heterocycles. The number of allylic oxidation sites excluding steroid dienone is 1. The summed E-state index contributed by atoms with van der Waals surface area (Å²) in [6.07, 6.45) is 6.55. The van der Waals surface area contributed by atoms with Crippen LogP contribution in [0, 0.1) is 25.5 Å². The van der Waals surface area contributed by atoms with Gasteiger partial charge in [-0.2, -0.15) is 9.40 Å². The molecule has 7 rings (SSSR count). The molecule has 0 spiro atoms. The molecule has 0 saturated carbocycles. The molecule has 13 heteroatoms. The highest BCUT2D eigenvalue weighted by molar-refractivity contribution is 7.88. The number of Topliss-reactive ketones (excluding diaryl/α,β-unsaturated/α-hetero) is 1. The van der Waals surface area contributed by atoms with Crippen molar-refractivity contribution in [2.75, 3.05) is 18.9 Å². The standard InChI is InChI=1S/C33H31F2N5O5S/c1-18-8-20-10-22(11-21(20)12-23(18)17-46(42,43)40-24-6-7-25(40)16-44-15-24)31(41)26-13-38-39(33(26)36)29-14-37-30(9-19(29)2)45-32-27(34)4-3-5-28(32)35/h3-5,8-10,12-14,24-25H,6-7,11,15-17,36H2,1-2H3. The number of sulfonamides is 1. The van der Waals surface area contributed by atoms with E-state index in [1.165, 1.54) is 29.2 Å². The first-order chi connectivity index (χ1) is 22.0. The largest absolute Gasteiger partial charge is 0.433 e. The van der Waals surface area contributed by atoms with Crippen LogP contribution in [0.25, 0.3) is 11.8 Å². The quantitative estimate of drug-likeness (QED) is 0.263. The zero-order valence-corrected chi connectivity index (χ0v) is 26.0. The Hall–Kier alpha value is -4.46. The van der Waals surface area contributed by atoms with Crippen molar-refractivity contribution in [3.8, 4) is 17.3 Å². The van der Waals surface area contributed by atoms with Crippen molar-refractivity contribution < 1.29 is 31.5 Å². The number of nitrogens with two attached hydrogens (primary N) is 1. The molecule has 1 aliphatic carbocycles. The van der Waals surface area contributed by atoms with E-state index in [0.717, 1.165) is 41.7 Å². The SMILES string of the molecule is Cc1cc2c(cc1CS(=O)(=O)N1C3CCC1COC3)CC(C(=O)c1cnn(-c3cnc(Oc4c(F)cccc4F)cc3C)c1N)=C2. The number of nitrogen functional groups attached to an aromatic ring is 1. The minimum Gasteiger partial charge on any atom is -0.433 e. The number of anilines is 1. The molecule has 2 bridgehead atoms. The summed E-state index contributed by atoms with van der Waals surface area (Å²) in [7, 11) is -3.54. The number of halogens is 2. The van der Waals surface area contributed by atoms with Gasteiger partial charge >= 0.3 is 0 Å². The number of aromatic nitrogens is 3. The van der Waals surface area contributed by atoms with Crippen molar-refractivity contribution in [3.05, 3.63) is 99.4 Å². The van der Waals surface area contributed by atoms with Gasteiger partial charge in [-0.05, 0) is 72.7 Å². The lowest BCUT2D eigenvalue weighted by Gasteiger charge is -2.33. The number of hydrogen-bond donors (Lipinski definition) is 1. The number of fused-ring (bicyclic) bond motifs is 3. The van der Waals surface area contributed by atoms with Crippen molar-refractivity contribution >= 4 is 27.7 Å². The van der Waals surface area contributed by atoms with E-state index in [4.69, 9.17) is 15.2 Å². The maximum Gasteiger partial charge on any atom is 0.219 e. The van der Waals surface area contributed by atoms with E-state index in [9.17, 15) is 22.0 Å². The summed E-state index contributed by atoms with van der Waals surface area (Å²) in [6.45, 7) is 4.47. The van der Waals surface area contributed by atoms with Crippen LogP contribution < -0.4 is 10.5 Å². The van der Waals surface area contributed by atoms with E-state index in [0.29, 0.717) is 42.0 Å². The average molecular weight is 648 g/mol. The number of ether oxygens (including phenoxy) is 2. The molecule has 2 N–H and O–H groups in total. The third-order valence-electron chi connectivity index (χ3n) is 8.90. The second-order valence-electron chi connectivity index (χ2n) is 12.0. The first kappa shape index (κ1) is 30.2. The fraction of sp³-hybridized carbons (Fsp3) is 0.303. The van der Waals surface area contributed by atoms with Gasteiger partial charge < -0.3 is 15.2 Å². The minimum absolute atomic E-state index is 0.0269. The topological polar surface area (TPSA) is 130 Å².